The minimum absolute atomic E-state index is 0.0487. The number of piperidine rings is 1. The van der Waals surface area contributed by atoms with E-state index in [0.717, 1.165) is 41.1 Å². The second kappa shape index (κ2) is 9.35. The molecule has 1 aliphatic heterocycles. The largest absolute Gasteiger partial charge is 0.497 e. The molecule has 2 aromatic carbocycles. The first kappa shape index (κ1) is 20.5. The van der Waals surface area contributed by atoms with Gasteiger partial charge in [-0.05, 0) is 81.7 Å². The number of methoxy groups -OCH3 is 1. The normalized spacial score (nSPS) is 14.7. The summed E-state index contributed by atoms with van der Waals surface area (Å²) in [6.07, 6.45) is 5.03. The van der Waals surface area contributed by atoms with Crippen molar-refractivity contribution in [2.24, 2.45) is 0 Å². The first-order chi connectivity index (χ1) is 14.7. The molecule has 0 saturated carbocycles. The van der Waals surface area contributed by atoms with Crippen molar-refractivity contribution < 1.29 is 14.3 Å². The lowest BCUT2D eigenvalue weighted by Gasteiger charge is -2.26. The van der Waals surface area contributed by atoms with Gasteiger partial charge in [-0.1, -0.05) is 6.42 Å². The molecule has 0 aliphatic carbocycles. The SMILES string of the molecule is COc1ccc2cc(C)n(C(=O)c3ccc(OCCCN4CCCCC4)cc3)c2c1. The third-order valence-corrected chi connectivity index (χ3v) is 5.84. The van der Waals surface area contributed by atoms with Gasteiger partial charge in [-0.3, -0.25) is 9.36 Å². The highest BCUT2D eigenvalue weighted by atomic mass is 16.5. The monoisotopic (exact) mass is 406 g/mol. The van der Waals surface area contributed by atoms with Crippen LogP contribution in [0.15, 0.2) is 48.5 Å². The average molecular weight is 407 g/mol. The fourth-order valence-electron chi connectivity index (χ4n) is 4.20. The maximum absolute atomic E-state index is 13.2. The Kier molecular flexibility index (Phi) is 6.38. The topological polar surface area (TPSA) is 43.7 Å². The molecular weight excluding hydrogens is 376 g/mol. The van der Waals surface area contributed by atoms with Crippen LogP contribution in [0.3, 0.4) is 0 Å². The summed E-state index contributed by atoms with van der Waals surface area (Å²) in [6, 6.07) is 15.3. The molecule has 5 heteroatoms. The van der Waals surface area contributed by atoms with Gasteiger partial charge in [0.25, 0.3) is 5.91 Å². The molecule has 2 heterocycles. The summed E-state index contributed by atoms with van der Waals surface area (Å²) in [6.45, 7) is 6.18. The number of carbonyl (C=O) groups excluding carboxylic acids is 1. The molecule has 0 N–H and O–H groups in total. The van der Waals surface area contributed by atoms with Gasteiger partial charge in [0, 0.05) is 29.3 Å². The minimum Gasteiger partial charge on any atom is -0.497 e. The van der Waals surface area contributed by atoms with Crippen LogP contribution in [-0.4, -0.2) is 48.7 Å². The second-order valence-electron chi connectivity index (χ2n) is 7.98. The Bertz CT molecular complexity index is 1000. The molecule has 0 atom stereocenters. The molecule has 1 fully saturated rings. The lowest BCUT2D eigenvalue weighted by atomic mass is 10.1. The molecule has 158 valence electrons. The van der Waals surface area contributed by atoms with Crippen LogP contribution in [0.5, 0.6) is 11.5 Å². The van der Waals surface area contributed by atoms with Crippen LogP contribution in [0, 0.1) is 6.92 Å². The van der Waals surface area contributed by atoms with Crippen molar-refractivity contribution in [1.82, 2.24) is 9.47 Å². The summed E-state index contributed by atoms with van der Waals surface area (Å²) in [5.41, 5.74) is 2.40. The Morgan fingerprint density at radius 2 is 1.70 bits per heavy atom. The van der Waals surface area contributed by atoms with E-state index in [-0.39, 0.29) is 5.91 Å². The summed E-state index contributed by atoms with van der Waals surface area (Å²) in [5.74, 6) is 1.50. The Morgan fingerprint density at radius 1 is 0.967 bits per heavy atom. The van der Waals surface area contributed by atoms with Gasteiger partial charge >= 0.3 is 0 Å². The smallest absolute Gasteiger partial charge is 0.262 e. The number of ether oxygens (including phenoxy) is 2. The highest BCUT2D eigenvalue weighted by Crippen LogP contribution is 2.26. The van der Waals surface area contributed by atoms with E-state index in [4.69, 9.17) is 9.47 Å². The number of likely N-dealkylation sites (tertiary alicyclic amines) is 1. The van der Waals surface area contributed by atoms with Gasteiger partial charge in [-0.25, -0.2) is 0 Å². The Morgan fingerprint density at radius 3 is 2.43 bits per heavy atom. The van der Waals surface area contributed by atoms with E-state index >= 15 is 0 Å². The molecular formula is C25H30N2O3. The lowest BCUT2D eigenvalue weighted by Crippen LogP contribution is -2.31. The molecule has 0 amide bonds. The van der Waals surface area contributed by atoms with E-state index in [0.29, 0.717) is 12.2 Å². The van der Waals surface area contributed by atoms with Gasteiger partial charge in [-0.15, -0.1) is 0 Å². The molecule has 4 rings (SSSR count). The van der Waals surface area contributed by atoms with E-state index < -0.39 is 0 Å². The number of hydrogen-bond acceptors (Lipinski definition) is 4. The fourth-order valence-corrected chi connectivity index (χ4v) is 4.20. The van der Waals surface area contributed by atoms with Crippen molar-refractivity contribution in [3.05, 3.63) is 59.8 Å². The van der Waals surface area contributed by atoms with Crippen molar-refractivity contribution in [3.63, 3.8) is 0 Å². The maximum atomic E-state index is 13.2. The number of benzene rings is 2. The molecule has 3 aromatic rings. The van der Waals surface area contributed by atoms with Crippen LogP contribution >= 0.6 is 0 Å². The standard InChI is InChI=1S/C25H30N2O3/c1-19-17-21-9-12-23(29-2)18-24(21)27(19)25(28)20-7-10-22(11-8-20)30-16-6-15-26-13-4-3-5-14-26/h7-12,17-18H,3-6,13-16H2,1-2H3. The summed E-state index contributed by atoms with van der Waals surface area (Å²) in [7, 11) is 1.63. The van der Waals surface area contributed by atoms with Crippen LogP contribution in [-0.2, 0) is 0 Å². The van der Waals surface area contributed by atoms with E-state index in [9.17, 15) is 4.79 Å². The van der Waals surface area contributed by atoms with Crippen LogP contribution in [0.2, 0.25) is 0 Å². The Labute approximate surface area is 178 Å². The first-order valence-electron chi connectivity index (χ1n) is 10.8. The van der Waals surface area contributed by atoms with Crippen molar-refractivity contribution in [3.8, 4) is 11.5 Å². The molecule has 1 aliphatic rings. The molecule has 1 saturated heterocycles. The number of hydrogen-bond donors (Lipinski definition) is 0. The van der Waals surface area contributed by atoms with Crippen molar-refractivity contribution in [2.75, 3.05) is 33.4 Å². The molecule has 0 unspecified atom stereocenters. The zero-order valence-corrected chi connectivity index (χ0v) is 17.9. The summed E-state index contributed by atoms with van der Waals surface area (Å²) in [5, 5.41) is 1.02. The highest BCUT2D eigenvalue weighted by Gasteiger charge is 2.15. The third kappa shape index (κ3) is 4.51. The van der Waals surface area contributed by atoms with Gasteiger partial charge < -0.3 is 14.4 Å². The number of rotatable bonds is 7. The van der Waals surface area contributed by atoms with Gasteiger partial charge in [0.15, 0.2) is 0 Å². The van der Waals surface area contributed by atoms with Crippen molar-refractivity contribution >= 4 is 16.8 Å². The van der Waals surface area contributed by atoms with E-state index in [2.05, 4.69) is 4.90 Å². The Hall–Kier alpha value is -2.79. The third-order valence-electron chi connectivity index (χ3n) is 5.84. The quantitative estimate of drug-likeness (QED) is 0.524. The van der Waals surface area contributed by atoms with E-state index in [1.807, 2.05) is 55.5 Å². The zero-order chi connectivity index (χ0) is 20.9. The van der Waals surface area contributed by atoms with Gasteiger partial charge in [0.05, 0.1) is 19.2 Å². The number of nitrogens with zero attached hydrogens (tertiary/aromatic N) is 2. The average Bonchev–Trinajstić information content (AvgIpc) is 3.12. The zero-order valence-electron chi connectivity index (χ0n) is 17.9. The number of fused-ring (bicyclic) bond motifs is 1. The molecule has 0 bridgehead atoms. The van der Waals surface area contributed by atoms with Crippen LogP contribution in [0.25, 0.3) is 10.9 Å². The minimum atomic E-state index is -0.0487. The lowest BCUT2D eigenvalue weighted by molar-refractivity contribution is 0.0963. The maximum Gasteiger partial charge on any atom is 0.262 e. The van der Waals surface area contributed by atoms with Crippen molar-refractivity contribution in [2.45, 2.75) is 32.6 Å². The summed E-state index contributed by atoms with van der Waals surface area (Å²) < 4.78 is 13.0. The predicted molar refractivity (Wildman–Crippen MR) is 120 cm³/mol. The number of aryl methyl sites for hydroxylation is 1. The highest BCUT2D eigenvalue weighted by molar-refractivity contribution is 6.03. The molecule has 0 radical (unpaired) electrons. The second-order valence-corrected chi connectivity index (χ2v) is 7.98. The summed E-state index contributed by atoms with van der Waals surface area (Å²) in [4.78, 5) is 15.7. The van der Waals surface area contributed by atoms with Crippen LogP contribution in [0.1, 0.15) is 41.7 Å². The van der Waals surface area contributed by atoms with E-state index in [1.54, 1.807) is 11.7 Å². The molecule has 1 aromatic heterocycles. The molecule has 5 nitrogen and oxygen atoms in total. The number of aromatic nitrogens is 1. The van der Waals surface area contributed by atoms with Crippen molar-refractivity contribution in [1.29, 1.82) is 0 Å². The van der Waals surface area contributed by atoms with Crippen LogP contribution < -0.4 is 9.47 Å². The Balaban J connectivity index is 1.39. The van der Waals surface area contributed by atoms with Gasteiger partial charge in [0.2, 0.25) is 0 Å². The number of carbonyl (C=O) groups is 1. The molecule has 30 heavy (non-hydrogen) atoms. The fraction of sp³-hybridized carbons (Fsp3) is 0.400. The van der Waals surface area contributed by atoms with Crippen LogP contribution in [0.4, 0.5) is 0 Å². The summed E-state index contributed by atoms with van der Waals surface area (Å²) >= 11 is 0. The van der Waals surface area contributed by atoms with E-state index in [1.165, 1.54) is 32.4 Å². The van der Waals surface area contributed by atoms with Gasteiger partial charge in [0.1, 0.15) is 11.5 Å². The first-order valence-corrected chi connectivity index (χ1v) is 10.8. The predicted octanol–water partition coefficient (Wildman–Crippen LogP) is 4.90. The van der Waals surface area contributed by atoms with Gasteiger partial charge in [-0.2, -0.15) is 0 Å². The molecule has 0 spiro atoms.